The third-order valence-corrected chi connectivity index (χ3v) is 6.98. The van der Waals surface area contributed by atoms with Gasteiger partial charge in [0.15, 0.2) is 4.91 Å². The highest BCUT2D eigenvalue weighted by Gasteiger charge is 2.41. The van der Waals surface area contributed by atoms with E-state index < -0.39 is 26.5 Å². The van der Waals surface area contributed by atoms with Crippen molar-refractivity contribution in [3.8, 4) is 0 Å². The van der Waals surface area contributed by atoms with Crippen LogP contribution < -0.4 is 9.62 Å². The molecule has 1 aliphatic heterocycles. The molecule has 1 aliphatic rings. The smallest absolute Gasteiger partial charge is 0.270 e. The van der Waals surface area contributed by atoms with Crippen LogP contribution in [-0.4, -0.2) is 14.2 Å². The Bertz CT molecular complexity index is 1170. The largest absolute Gasteiger partial charge is 0.358 e. The third-order valence-electron chi connectivity index (χ3n) is 4.31. The van der Waals surface area contributed by atoms with Crippen molar-refractivity contribution in [3.05, 3.63) is 93.4 Å². The highest BCUT2D eigenvalue weighted by molar-refractivity contribution is 7.97. The number of nitrogens with one attached hydrogen (secondary N) is 1. The van der Waals surface area contributed by atoms with Crippen molar-refractivity contribution in [2.45, 2.75) is 6.54 Å². The molecular weight excluding hydrogens is 399 g/mol. The monoisotopic (exact) mass is 414 g/mol. The number of sulfonamides is 1. The standard InChI is InChI=1S/C20H15FN2O3S2/c21-15-8-4-5-9-16(15)22-12-18-19(24)20-17(10-11-27-20)23(28(18,25)26)13-14-6-2-1-3-7-14/h1-12,22H,13H2/b18-12-. The number of carbonyl (C=O) groups excluding carboxylic acids is 1. The van der Waals surface area contributed by atoms with E-state index in [4.69, 9.17) is 0 Å². The summed E-state index contributed by atoms with van der Waals surface area (Å²) in [5, 5.41) is 4.30. The average molecular weight is 414 g/mol. The van der Waals surface area contributed by atoms with E-state index in [-0.39, 0.29) is 12.2 Å². The van der Waals surface area contributed by atoms with Crippen LogP contribution in [0, 0.1) is 5.82 Å². The van der Waals surface area contributed by atoms with Crippen LogP contribution in [0.1, 0.15) is 15.2 Å². The number of thiophene rings is 1. The number of rotatable bonds is 4. The van der Waals surface area contributed by atoms with E-state index in [1.54, 1.807) is 17.5 Å². The van der Waals surface area contributed by atoms with Gasteiger partial charge in [-0.05, 0) is 29.1 Å². The van der Waals surface area contributed by atoms with Crippen molar-refractivity contribution in [2.24, 2.45) is 0 Å². The van der Waals surface area contributed by atoms with E-state index in [9.17, 15) is 17.6 Å². The molecule has 0 saturated carbocycles. The molecule has 0 bridgehead atoms. The van der Waals surface area contributed by atoms with E-state index in [0.717, 1.165) is 11.8 Å². The first kappa shape index (κ1) is 18.4. The summed E-state index contributed by atoms with van der Waals surface area (Å²) < 4.78 is 41.5. The van der Waals surface area contributed by atoms with Crippen molar-refractivity contribution >= 4 is 38.5 Å². The summed E-state index contributed by atoms with van der Waals surface area (Å²) in [5.41, 5.74) is 1.24. The van der Waals surface area contributed by atoms with Crippen LogP contribution in [0.25, 0.3) is 0 Å². The van der Waals surface area contributed by atoms with Crippen LogP contribution in [0.4, 0.5) is 15.8 Å². The minimum absolute atomic E-state index is 0.0876. The molecule has 8 heteroatoms. The molecule has 0 radical (unpaired) electrons. The van der Waals surface area contributed by atoms with Crippen LogP contribution in [0.15, 0.2) is 77.1 Å². The third kappa shape index (κ3) is 3.21. The number of nitrogens with zero attached hydrogens (tertiary/aromatic N) is 1. The van der Waals surface area contributed by atoms with Gasteiger partial charge in [0.1, 0.15) is 10.7 Å². The van der Waals surface area contributed by atoms with Crippen LogP contribution >= 0.6 is 11.3 Å². The highest BCUT2D eigenvalue weighted by atomic mass is 32.2. The van der Waals surface area contributed by atoms with Gasteiger partial charge in [0, 0.05) is 6.20 Å². The molecule has 0 saturated heterocycles. The number of benzene rings is 2. The van der Waals surface area contributed by atoms with Gasteiger partial charge in [0.05, 0.1) is 17.9 Å². The number of ketones is 1. The van der Waals surface area contributed by atoms with Gasteiger partial charge in [-0.3, -0.25) is 9.10 Å². The number of anilines is 2. The van der Waals surface area contributed by atoms with Gasteiger partial charge in [-0.15, -0.1) is 11.3 Å². The lowest BCUT2D eigenvalue weighted by molar-refractivity contribution is 0.104. The number of allylic oxidation sites excluding steroid dienone is 1. The Morgan fingerprint density at radius 3 is 2.50 bits per heavy atom. The minimum Gasteiger partial charge on any atom is -0.358 e. The molecule has 1 aromatic heterocycles. The molecule has 3 aromatic rings. The molecule has 1 N–H and O–H groups in total. The van der Waals surface area contributed by atoms with Gasteiger partial charge in [0.2, 0.25) is 5.78 Å². The predicted octanol–water partition coefficient (Wildman–Crippen LogP) is 4.37. The summed E-state index contributed by atoms with van der Waals surface area (Å²) >= 11 is 1.18. The number of fused-ring (bicyclic) bond motifs is 1. The number of hydrogen-bond donors (Lipinski definition) is 1. The van der Waals surface area contributed by atoms with Crippen LogP contribution in [-0.2, 0) is 16.6 Å². The van der Waals surface area contributed by atoms with Gasteiger partial charge in [-0.2, -0.15) is 0 Å². The fraction of sp³-hybridized carbons (Fsp3) is 0.0500. The molecule has 0 aliphatic carbocycles. The van der Waals surface area contributed by atoms with Crippen LogP contribution in [0.3, 0.4) is 0 Å². The Morgan fingerprint density at radius 2 is 1.75 bits per heavy atom. The highest BCUT2D eigenvalue weighted by Crippen LogP contribution is 2.39. The van der Waals surface area contributed by atoms with Gasteiger partial charge in [-0.25, -0.2) is 12.8 Å². The number of para-hydroxylation sites is 1. The molecule has 0 unspecified atom stereocenters. The van der Waals surface area contributed by atoms with Gasteiger partial charge in [0.25, 0.3) is 10.0 Å². The Balaban J connectivity index is 1.77. The summed E-state index contributed by atoms with van der Waals surface area (Å²) in [6.07, 6.45) is 1.07. The SMILES string of the molecule is O=C1/C(=C/Nc2ccccc2F)S(=O)(=O)N(Cc2ccccc2)c2ccsc21. The number of halogens is 1. The lowest BCUT2D eigenvalue weighted by atomic mass is 10.2. The fourth-order valence-corrected chi connectivity index (χ4v) is 5.41. The maximum absolute atomic E-state index is 13.9. The summed E-state index contributed by atoms with van der Waals surface area (Å²) in [6, 6.07) is 16.6. The second kappa shape index (κ2) is 7.21. The fourth-order valence-electron chi connectivity index (χ4n) is 2.93. The lowest BCUT2D eigenvalue weighted by Gasteiger charge is -2.29. The molecule has 0 fully saturated rings. The van der Waals surface area contributed by atoms with Gasteiger partial charge < -0.3 is 5.32 Å². The molecule has 28 heavy (non-hydrogen) atoms. The first-order valence-corrected chi connectivity index (χ1v) is 10.7. The summed E-state index contributed by atoms with van der Waals surface area (Å²) in [7, 11) is -4.11. The first-order chi connectivity index (χ1) is 13.5. The minimum atomic E-state index is -4.11. The zero-order chi connectivity index (χ0) is 19.7. The van der Waals surface area contributed by atoms with Crippen molar-refractivity contribution in [1.29, 1.82) is 0 Å². The first-order valence-electron chi connectivity index (χ1n) is 8.38. The zero-order valence-corrected chi connectivity index (χ0v) is 16.1. The quantitative estimate of drug-likeness (QED) is 0.644. The molecule has 0 spiro atoms. The van der Waals surface area contributed by atoms with Gasteiger partial charge in [-0.1, -0.05) is 42.5 Å². The second-order valence-electron chi connectivity index (χ2n) is 6.09. The number of Topliss-reactive ketones (excluding diaryl/α,β-unsaturated/α-hetero) is 1. The Kier molecular flexibility index (Phi) is 4.74. The normalized spacial score (nSPS) is 16.8. The van der Waals surface area contributed by atoms with E-state index in [2.05, 4.69) is 5.32 Å². The van der Waals surface area contributed by atoms with Crippen molar-refractivity contribution < 1.29 is 17.6 Å². The van der Waals surface area contributed by atoms with Crippen LogP contribution in [0.5, 0.6) is 0 Å². The molecule has 4 rings (SSSR count). The van der Waals surface area contributed by atoms with E-state index in [0.29, 0.717) is 10.6 Å². The summed E-state index contributed by atoms with van der Waals surface area (Å²) in [4.78, 5) is 12.7. The zero-order valence-electron chi connectivity index (χ0n) is 14.5. The van der Waals surface area contributed by atoms with E-state index >= 15 is 0 Å². The summed E-state index contributed by atoms with van der Waals surface area (Å²) in [5.74, 6) is -1.14. The van der Waals surface area contributed by atoms with Crippen molar-refractivity contribution in [3.63, 3.8) is 0 Å². The van der Waals surface area contributed by atoms with E-state index in [1.165, 1.54) is 33.8 Å². The average Bonchev–Trinajstić information content (AvgIpc) is 3.17. The Labute approximate surface area is 165 Å². The lowest BCUT2D eigenvalue weighted by Crippen LogP contribution is -2.38. The van der Waals surface area contributed by atoms with Gasteiger partial charge >= 0.3 is 0 Å². The van der Waals surface area contributed by atoms with Crippen molar-refractivity contribution in [1.82, 2.24) is 0 Å². The molecule has 142 valence electrons. The Hall–Kier alpha value is -2.97. The maximum atomic E-state index is 13.9. The number of carbonyl (C=O) groups is 1. The molecular formula is C20H15FN2O3S2. The molecule has 2 aromatic carbocycles. The molecule has 5 nitrogen and oxygen atoms in total. The molecule has 0 atom stereocenters. The summed E-state index contributed by atoms with van der Waals surface area (Å²) in [6.45, 7) is 0.0945. The van der Waals surface area contributed by atoms with Crippen LogP contribution in [0.2, 0.25) is 0 Å². The second-order valence-corrected chi connectivity index (χ2v) is 8.84. The van der Waals surface area contributed by atoms with Crippen molar-refractivity contribution in [2.75, 3.05) is 9.62 Å². The van der Waals surface area contributed by atoms with E-state index in [1.807, 2.05) is 30.3 Å². The predicted molar refractivity (Wildman–Crippen MR) is 108 cm³/mol. The maximum Gasteiger partial charge on any atom is 0.270 e. The topological polar surface area (TPSA) is 66.5 Å². The molecule has 0 amide bonds. The molecule has 2 heterocycles. The Morgan fingerprint density at radius 1 is 1.04 bits per heavy atom. The number of hydrogen-bond acceptors (Lipinski definition) is 5.